The van der Waals surface area contributed by atoms with Crippen molar-refractivity contribution in [1.82, 2.24) is 4.98 Å². The second-order valence-electron chi connectivity index (χ2n) is 3.38. The molecule has 4 heteroatoms. The fraction of sp³-hybridized carbons (Fsp3) is 0.182. The van der Waals surface area contributed by atoms with Crippen molar-refractivity contribution in [3.8, 4) is 0 Å². The summed E-state index contributed by atoms with van der Waals surface area (Å²) in [5, 5.41) is 4.20. The lowest BCUT2D eigenvalue weighted by atomic mass is 10.0. The van der Waals surface area contributed by atoms with Gasteiger partial charge in [-0.3, -0.25) is 4.98 Å². The van der Waals surface area contributed by atoms with E-state index in [9.17, 15) is 0 Å². The average Bonchev–Trinajstić information content (AvgIpc) is 2.70. The predicted molar refractivity (Wildman–Crippen MR) is 66.9 cm³/mol. The van der Waals surface area contributed by atoms with Crippen LogP contribution in [-0.4, -0.2) is 4.98 Å². The molecule has 0 aromatic carbocycles. The summed E-state index contributed by atoms with van der Waals surface area (Å²) in [5.74, 6) is 0. The number of pyridine rings is 1. The lowest BCUT2D eigenvalue weighted by molar-refractivity contribution is 0.719. The van der Waals surface area contributed by atoms with Crippen LogP contribution in [0.3, 0.4) is 0 Å². The average molecular weight is 283 g/mol. The van der Waals surface area contributed by atoms with E-state index < -0.39 is 0 Å². The molecule has 0 saturated carbocycles. The normalized spacial score (nSPS) is 12.7. The quantitative estimate of drug-likeness (QED) is 0.939. The summed E-state index contributed by atoms with van der Waals surface area (Å²) in [6.45, 7) is 0. The molecule has 0 amide bonds. The van der Waals surface area contributed by atoms with Crippen LogP contribution < -0.4 is 5.73 Å². The Morgan fingerprint density at radius 2 is 2.33 bits per heavy atom. The number of hydrogen-bond donors (Lipinski definition) is 1. The number of halogens is 1. The van der Waals surface area contributed by atoms with Crippen molar-refractivity contribution >= 4 is 27.3 Å². The third kappa shape index (κ3) is 2.87. The van der Waals surface area contributed by atoms with Gasteiger partial charge in [0.1, 0.15) is 0 Å². The molecule has 2 aromatic heterocycles. The number of thiophene rings is 1. The largest absolute Gasteiger partial charge is 0.324 e. The van der Waals surface area contributed by atoms with Gasteiger partial charge in [0.25, 0.3) is 0 Å². The molecule has 2 nitrogen and oxygen atoms in total. The molecule has 0 aliphatic rings. The Balaban J connectivity index is 2.11. The van der Waals surface area contributed by atoms with Crippen LogP contribution in [0.15, 0.2) is 39.8 Å². The van der Waals surface area contributed by atoms with Crippen molar-refractivity contribution < 1.29 is 0 Å². The maximum atomic E-state index is 6.10. The lowest BCUT2D eigenvalue weighted by Crippen LogP contribution is -2.13. The summed E-state index contributed by atoms with van der Waals surface area (Å²) in [7, 11) is 0. The van der Waals surface area contributed by atoms with Crippen molar-refractivity contribution in [2.24, 2.45) is 5.73 Å². The molecule has 1 atom stereocenters. The summed E-state index contributed by atoms with van der Waals surface area (Å²) in [6.07, 6.45) is 4.45. The van der Waals surface area contributed by atoms with E-state index in [1.54, 1.807) is 17.5 Å². The fourth-order valence-electron chi connectivity index (χ4n) is 1.41. The van der Waals surface area contributed by atoms with E-state index in [4.69, 9.17) is 5.73 Å². The first-order valence-corrected chi connectivity index (χ1v) is 6.36. The monoisotopic (exact) mass is 282 g/mol. The van der Waals surface area contributed by atoms with E-state index in [1.165, 1.54) is 5.56 Å². The molecule has 2 N–H and O–H groups in total. The highest BCUT2D eigenvalue weighted by Crippen LogP contribution is 2.19. The standard InChI is InChI=1S/C11H11BrN2S/c12-10-4-9(5-14-6-10)11(13)3-8-1-2-15-7-8/h1-2,4-7,11H,3,13H2. The van der Waals surface area contributed by atoms with Crippen molar-refractivity contribution in [2.45, 2.75) is 12.5 Å². The van der Waals surface area contributed by atoms with Crippen molar-refractivity contribution in [3.63, 3.8) is 0 Å². The zero-order valence-electron chi connectivity index (χ0n) is 8.06. The molecule has 15 heavy (non-hydrogen) atoms. The summed E-state index contributed by atoms with van der Waals surface area (Å²) in [5.41, 5.74) is 8.45. The van der Waals surface area contributed by atoms with Crippen LogP contribution in [0.4, 0.5) is 0 Å². The van der Waals surface area contributed by atoms with Gasteiger partial charge < -0.3 is 5.73 Å². The Morgan fingerprint density at radius 3 is 3.00 bits per heavy atom. The van der Waals surface area contributed by atoms with Crippen LogP contribution >= 0.6 is 27.3 Å². The molecule has 78 valence electrons. The SMILES string of the molecule is NC(Cc1ccsc1)c1cncc(Br)c1. The minimum absolute atomic E-state index is 0.0181. The van der Waals surface area contributed by atoms with E-state index in [0.717, 1.165) is 16.5 Å². The van der Waals surface area contributed by atoms with Gasteiger partial charge in [-0.15, -0.1) is 0 Å². The predicted octanol–water partition coefficient (Wildman–Crippen LogP) is 3.15. The number of hydrogen-bond acceptors (Lipinski definition) is 3. The van der Waals surface area contributed by atoms with Crippen LogP contribution in [0.2, 0.25) is 0 Å². The Kier molecular flexibility index (Phi) is 3.51. The molecule has 0 aliphatic carbocycles. The smallest absolute Gasteiger partial charge is 0.0410 e. The van der Waals surface area contributed by atoms with Gasteiger partial charge in [0.15, 0.2) is 0 Å². The minimum Gasteiger partial charge on any atom is -0.324 e. The first kappa shape index (κ1) is 10.8. The van der Waals surface area contributed by atoms with Crippen LogP contribution in [0, 0.1) is 0 Å². The van der Waals surface area contributed by atoms with Gasteiger partial charge in [-0.25, -0.2) is 0 Å². The molecule has 0 aliphatic heterocycles. The van der Waals surface area contributed by atoms with E-state index in [-0.39, 0.29) is 6.04 Å². The number of aromatic nitrogens is 1. The second kappa shape index (κ2) is 4.88. The van der Waals surface area contributed by atoms with E-state index in [1.807, 2.05) is 12.3 Å². The van der Waals surface area contributed by atoms with E-state index in [0.29, 0.717) is 0 Å². The molecular weight excluding hydrogens is 272 g/mol. The van der Waals surface area contributed by atoms with E-state index in [2.05, 4.69) is 37.7 Å². The summed E-state index contributed by atoms with van der Waals surface area (Å²) >= 11 is 5.09. The highest BCUT2D eigenvalue weighted by molar-refractivity contribution is 9.10. The fourth-order valence-corrected chi connectivity index (χ4v) is 2.48. The van der Waals surface area contributed by atoms with Crippen LogP contribution in [0.25, 0.3) is 0 Å². The summed E-state index contributed by atoms with van der Waals surface area (Å²) in [4.78, 5) is 4.11. The van der Waals surface area contributed by atoms with Crippen molar-refractivity contribution in [2.75, 3.05) is 0 Å². The topological polar surface area (TPSA) is 38.9 Å². The minimum atomic E-state index is 0.0181. The Morgan fingerprint density at radius 1 is 1.47 bits per heavy atom. The molecule has 2 rings (SSSR count). The third-order valence-corrected chi connectivity index (χ3v) is 3.36. The van der Waals surface area contributed by atoms with Crippen molar-refractivity contribution in [1.29, 1.82) is 0 Å². The molecule has 0 fully saturated rings. The molecule has 1 unspecified atom stereocenters. The van der Waals surface area contributed by atoms with Gasteiger partial charge in [0.2, 0.25) is 0 Å². The maximum Gasteiger partial charge on any atom is 0.0410 e. The van der Waals surface area contributed by atoms with Crippen LogP contribution in [-0.2, 0) is 6.42 Å². The van der Waals surface area contributed by atoms with Gasteiger partial charge in [-0.2, -0.15) is 11.3 Å². The molecule has 0 bridgehead atoms. The third-order valence-electron chi connectivity index (χ3n) is 2.19. The van der Waals surface area contributed by atoms with Crippen molar-refractivity contribution in [3.05, 3.63) is 50.9 Å². The Hall–Kier alpha value is -0.710. The van der Waals surface area contributed by atoms with Gasteiger partial charge in [0.05, 0.1) is 0 Å². The molecule has 0 spiro atoms. The molecule has 2 aromatic rings. The highest BCUT2D eigenvalue weighted by atomic mass is 79.9. The second-order valence-corrected chi connectivity index (χ2v) is 5.07. The van der Waals surface area contributed by atoms with Gasteiger partial charge in [-0.05, 0) is 56.4 Å². The molecular formula is C11H11BrN2S. The molecule has 0 radical (unpaired) electrons. The van der Waals surface area contributed by atoms with Crippen LogP contribution in [0.1, 0.15) is 17.2 Å². The highest BCUT2D eigenvalue weighted by Gasteiger charge is 2.07. The number of rotatable bonds is 3. The number of nitrogens with zero attached hydrogens (tertiary/aromatic N) is 1. The maximum absolute atomic E-state index is 6.10. The van der Waals surface area contributed by atoms with Gasteiger partial charge >= 0.3 is 0 Å². The molecule has 0 saturated heterocycles. The van der Waals surface area contributed by atoms with Gasteiger partial charge in [0, 0.05) is 22.9 Å². The Labute approximate surface area is 101 Å². The molecule has 2 heterocycles. The summed E-state index contributed by atoms with van der Waals surface area (Å²) < 4.78 is 0.973. The van der Waals surface area contributed by atoms with Gasteiger partial charge in [-0.1, -0.05) is 0 Å². The Bertz CT molecular complexity index is 428. The van der Waals surface area contributed by atoms with E-state index >= 15 is 0 Å². The number of nitrogens with two attached hydrogens (primary N) is 1. The zero-order chi connectivity index (χ0) is 10.7. The summed E-state index contributed by atoms with van der Waals surface area (Å²) in [6, 6.07) is 4.14. The first-order chi connectivity index (χ1) is 7.25. The first-order valence-electron chi connectivity index (χ1n) is 4.63. The zero-order valence-corrected chi connectivity index (χ0v) is 10.5. The van der Waals surface area contributed by atoms with Crippen LogP contribution in [0.5, 0.6) is 0 Å². The lowest BCUT2D eigenvalue weighted by Gasteiger charge is -2.10.